The molecule has 1 aromatic carbocycles. The van der Waals surface area contributed by atoms with Gasteiger partial charge in [-0.2, -0.15) is 0 Å². The number of pyridine rings is 1. The van der Waals surface area contributed by atoms with Gasteiger partial charge in [-0.15, -0.1) is 0 Å². The Bertz CT molecular complexity index is 802. The van der Waals surface area contributed by atoms with E-state index >= 15 is 0 Å². The van der Waals surface area contributed by atoms with Crippen LogP contribution in [0.25, 0.3) is 0 Å². The zero-order valence-corrected chi connectivity index (χ0v) is 16.6. The molecular formula is C18H18BrClN2O4. The van der Waals surface area contributed by atoms with Crippen molar-refractivity contribution in [3.05, 3.63) is 58.7 Å². The van der Waals surface area contributed by atoms with Crippen molar-refractivity contribution in [2.75, 3.05) is 12.1 Å². The van der Waals surface area contributed by atoms with Crippen molar-refractivity contribution >= 4 is 39.4 Å². The van der Waals surface area contributed by atoms with Crippen LogP contribution >= 0.6 is 27.5 Å². The van der Waals surface area contributed by atoms with Gasteiger partial charge in [-0.05, 0) is 41.9 Å². The Labute approximate surface area is 165 Å². The number of benzene rings is 1. The highest BCUT2D eigenvalue weighted by molar-refractivity contribution is 9.09. The van der Waals surface area contributed by atoms with Crippen LogP contribution in [0.2, 0.25) is 5.02 Å². The van der Waals surface area contributed by atoms with E-state index in [0.717, 1.165) is 0 Å². The zero-order valence-electron chi connectivity index (χ0n) is 14.3. The predicted molar refractivity (Wildman–Crippen MR) is 102 cm³/mol. The molecule has 26 heavy (non-hydrogen) atoms. The van der Waals surface area contributed by atoms with Gasteiger partial charge >= 0.3 is 5.97 Å². The summed E-state index contributed by atoms with van der Waals surface area (Å²) in [7, 11) is 0. The molecule has 1 aromatic heterocycles. The second-order valence-corrected chi connectivity index (χ2v) is 6.26. The molecule has 0 saturated carbocycles. The molecule has 0 bridgehead atoms. The average molecular weight is 442 g/mol. The number of nitrogens with one attached hydrogen (secondary N) is 1. The van der Waals surface area contributed by atoms with Crippen LogP contribution < -0.4 is 10.1 Å². The molecule has 0 radical (unpaired) electrons. The molecule has 0 aliphatic heterocycles. The molecule has 0 fully saturated rings. The number of aromatic nitrogens is 1. The van der Waals surface area contributed by atoms with Gasteiger partial charge in [0.05, 0.1) is 6.61 Å². The lowest BCUT2D eigenvalue weighted by molar-refractivity contribution is -0.150. The Kier molecular flexibility index (Phi) is 6.99. The fourth-order valence-electron chi connectivity index (χ4n) is 2.34. The SMILES string of the molecule is CCOC(=O)[C@@](C)(NC(=O)c1cccc(OCBr)n1)c1ccccc1Cl. The minimum atomic E-state index is -1.47. The highest BCUT2D eigenvalue weighted by Gasteiger charge is 2.40. The third kappa shape index (κ3) is 4.53. The summed E-state index contributed by atoms with van der Waals surface area (Å²) in [6.07, 6.45) is 0. The van der Waals surface area contributed by atoms with Crippen LogP contribution in [0.4, 0.5) is 0 Å². The molecule has 2 aromatic rings. The summed E-state index contributed by atoms with van der Waals surface area (Å²) in [6.45, 7) is 3.40. The molecular weight excluding hydrogens is 424 g/mol. The largest absolute Gasteiger partial charge is 0.466 e. The van der Waals surface area contributed by atoms with E-state index in [9.17, 15) is 9.59 Å². The minimum Gasteiger partial charge on any atom is -0.466 e. The van der Waals surface area contributed by atoms with E-state index in [1.165, 1.54) is 6.07 Å². The lowest BCUT2D eigenvalue weighted by Gasteiger charge is -2.29. The molecule has 0 spiro atoms. The van der Waals surface area contributed by atoms with E-state index in [1.807, 2.05) is 0 Å². The van der Waals surface area contributed by atoms with Gasteiger partial charge < -0.3 is 14.8 Å². The van der Waals surface area contributed by atoms with E-state index in [0.29, 0.717) is 10.6 Å². The molecule has 6 nitrogen and oxygen atoms in total. The number of rotatable bonds is 7. The third-order valence-corrected chi connectivity index (χ3v) is 4.18. The van der Waals surface area contributed by atoms with Crippen molar-refractivity contribution in [1.82, 2.24) is 10.3 Å². The molecule has 1 amide bonds. The molecule has 1 atom stereocenters. The summed E-state index contributed by atoms with van der Waals surface area (Å²) in [5, 5.41) is 3.03. The van der Waals surface area contributed by atoms with Gasteiger partial charge in [0.25, 0.3) is 5.91 Å². The fourth-order valence-corrected chi connectivity index (χ4v) is 2.90. The second-order valence-electron chi connectivity index (χ2n) is 5.39. The van der Waals surface area contributed by atoms with Gasteiger partial charge in [-0.1, -0.05) is 35.9 Å². The molecule has 8 heteroatoms. The quantitative estimate of drug-likeness (QED) is 0.524. The lowest BCUT2D eigenvalue weighted by atomic mass is 9.91. The Morgan fingerprint density at radius 1 is 1.23 bits per heavy atom. The normalized spacial score (nSPS) is 12.8. The topological polar surface area (TPSA) is 77.5 Å². The van der Waals surface area contributed by atoms with Crippen LogP contribution in [-0.4, -0.2) is 29.0 Å². The number of ether oxygens (including phenoxy) is 2. The van der Waals surface area contributed by atoms with Crippen LogP contribution in [0.5, 0.6) is 5.88 Å². The van der Waals surface area contributed by atoms with Gasteiger partial charge in [0.15, 0.2) is 5.54 Å². The maximum atomic E-state index is 12.7. The maximum Gasteiger partial charge on any atom is 0.336 e. The molecule has 0 saturated heterocycles. The number of hydrogen-bond acceptors (Lipinski definition) is 5. The van der Waals surface area contributed by atoms with Crippen molar-refractivity contribution in [2.24, 2.45) is 0 Å². The number of esters is 1. The summed E-state index contributed by atoms with van der Waals surface area (Å²) < 4.78 is 10.4. The number of amides is 1. The molecule has 1 heterocycles. The van der Waals surface area contributed by atoms with E-state index < -0.39 is 17.4 Å². The molecule has 138 valence electrons. The van der Waals surface area contributed by atoms with Crippen LogP contribution in [-0.2, 0) is 15.1 Å². The lowest BCUT2D eigenvalue weighted by Crippen LogP contribution is -2.50. The van der Waals surface area contributed by atoms with E-state index in [1.54, 1.807) is 50.2 Å². The number of hydrogen-bond donors (Lipinski definition) is 1. The Morgan fingerprint density at radius 2 is 1.96 bits per heavy atom. The van der Waals surface area contributed by atoms with Crippen molar-refractivity contribution in [3.63, 3.8) is 0 Å². The first-order chi connectivity index (χ1) is 12.4. The molecule has 2 rings (SSSR count). The number of halogens is 2. The van der Waals surface area contributed by atoms with E-state index in [4.69, 9.17) is 21.1 Å². The third-order valence-electron chi connectivity index (χ3n) is 3.62. The monoisotopic (exact) mass is 440 g/mol. The molecule has 1 N–H and O–H groups in total. The highest BCUT2D eigenvalue weighted by Crippen LogP contribution is 2.29. The Morgan fingerprint density at radius 3 is 2.62 bits per heavy atom. The van der Waals surface area contributed by atoms with Crippen LogP contribution in [0, 0.1) is 0 Å². The van der Waals surface area contributed by atoms with Gasteiger partial charge in [0.1, 0.15) is 11.2 Å². The molecule has 0 aliphatic carbocycles. The number of nitrogens with zero attached hydrogens (tertiary/aromatic N) is 1. The second kappa shape index (κ2) is 9.00. The Hall–Kier alpha value is -2.12. The van der Waals surface area contributed by atoms with Gasteiger partial charge in [-0.3, -0.25) is 4.79 Å². The summed E-state index contributed by atoms with van der Waals surface area (Å²) in [5.74, 6) is -0.889. The van der Waals surface area contributed by atoms with Crippen LogP contribution in [0.1, 0.15) is 29.9 Å². The van der Waals surface area contributed by atoms with Crippen LogP contribution in [0.3, 0.4) is 0 Å². The predicted octanol–water partition coefficient (Wildman–Crippen LogP) is 3.67. The first-order valence-corrected chi connectivity index (χ1v) is 9.33. The van der Waals surface area contributed by atoms with Gasteiger partial charge in [-0.25, -0.2) is 9.78 Å². The van der Waals surface area contributed by atoms with Gasteiger partial charge in [0.2, 0.25) is 5.88 Å². The fraction of sp³-hybridized carbons (Fsp3) is 0.278. The maximum absolute atomic E-state index is 12.7. The smallest absolute Gasteiger partial charge is 0.336 e. The molecule has 0 aliphatic rings. The summed E-state index contributed by atoms with van der Waals surface area (Å²) in [4.78, 5) is 29.4. The minimum absolute atomic E-state index is 0.103. The summed E-state index contributed by atoms with van der Waals surface area (Å²) in [5.41, 5.74) is -0.697. The van der Waals surface area contributed by atoms with Crippen LogP contribution in [0.15, 0.2) is 42.5 Å². The van der Waals surface area contributed by atoms with Crippen molar-refractivity contribution in [2.45, 2.75) is 19.4 Å². The zero-order chi connectivity index (χ0) is 19.2. The van der Waals surface area contributed by atoms with Gasteiger partial charge in [0, 0.05) is 16.7 Å². The van der Waals surface area contributed by atoms with E-state index in [2.05, 4.69) is 26.2 Å². The number of carbonyl (C=O) groups excluding carboxylic acids is 2. The molecule has 0 unspecified atom stereocenters. The first kappa shape index (κ1) is 20.2. The van der Waals surface area contributed by atoms with Crippen molar-refractivity contribution in [1.29, 1.82) is 0 Å². The van der Waals surface area contributed by atoms with Crippen molar-refractivity contribution in [3.8, 4) is 5.88 Å². The Balaban J connectivity index is 2.38. The average Bonchev–Trinajstić information content (AvgIpc) is 2.62. The number of carbonyl (C=O) groups is 2. The summed E-state index contributed by atoms with van der Waals surface area (Å²) in [6, 6.07) is 11.6. The first-order valence-electron chi connectivity index (χ1n) is 7.83. The standard InChI is InChI=1S/C18H18BrClN2O4/c1-3-25-17(24)18(2,12-7-4-5-8-13(12)20)22-16(23)14-9-6-10-15(21-14)26-11-19/h4-10H,3,11H2,1-2H3,(H,22,23)/t18-/m0/s1. The summed E-state index contributed by atoms with van der Waals surface area (Å²) >= 11 is 9.38. The highest BCUT2D eigenvalue weighted by atomic mass is 79.9. The van der Waals surface area contributed by atoms with Crippen molar-refractivity contribution < 1.29 is 19.1 Å². The van der Waals surface area contributed by atoms with E-state index in [-0.39, 0.29) is 23.7 Å². The number of alkyl halides is 1.